The van der Waals surface area contributed by atoms with Gasteiger partial charge >= 0.3 is 0 Å². The van der Waals surface area contributed by atoms with E-state index in [2.05, 4.69) is 10.7 Å². The Kier molecular flexibility index (Phi) is 3.81. The van der Waals surface area contributed by atoms with Gasteiger partial charge in [0.25, 0.3) is 0 Å². The van der Waals surface area contributed by atoms with Crippen LogP contribution >= 0.6 is 0 Å². The van der Waals surface area contributed by atoms with Crippen molar-refractivity contribution in [3.8, 4) is 0 Å². The van der Waals surface area contributed by atoms with Crippen LogP contribution in [0.25, 0.3) is 0 Å². The molecule has 0 fully saturated rings. The fourth-order valence-corrected chi connectivity index (χ4v) is 1.46. The minimum absolute atomic E-state index is 0.0254. The van der Waals surface area contributed by atoms with Gasteiger partial charge in [-0.25, -0.2) is 0 Å². The van der Waals surface area contributed by atoms with Gasteiger partial charge in [-0.05, 0) is 17.7 Å². The van der Waals surface area contributed by atoms with Crippen LogP contribution in [0.3, 0.4) is 0 Å². The van der Waals surface area contributed by atoms with E-state index in [1.165, 1.54) is 0 Å². The molecule has 4 heteroatoms. The molecule has 1 amide bonds. The number of hydrogen-bond donors (Lipinski definition) is 2. The Hall–Kier alpha value is -2.23. The smallest absolute Gasteiger partial charge is 0.241 e. The zero-order valence-electron chi connectivity index (χ0n) is 9.47. The van der Waals surface area contributed by atoms with E-state index in [4.69, 9.17) is 0 Å². The van der Waals surface area contributed by atoms with Crippen LogP contribution in [0, 0.1) is 0 Å². The van der Waals surface area contributed by atoms with Crippen molar-refractivity contribution in [2.45, 2.75) is 6.54 Å². The minimum atomic E-state index is -0.0254. The molecule has 0 saturated heterocycles. The van der Waals surface area contributed by atoms with E-state index in [-0.39, 0.29) is 12.5 Å². The molecule has 0 aliphatic heterocycles. The number of hydrogen-bond acceptors (Lipinski definition) is 2. The number of nitrogens with zero attached hydrogens (tertiary/aromatic N) is 1. The monoisotopic (exact) mass is 229 g/mol. The maximum Gasteiger partial charge on any atom is 0.241 e. The van der Waals surface area contributed by atoms with Crippen LogP contribution in [0.4, 0.5) is 0 Å². The summed E-state index contributed by atoms with van der Waals surface area (Å²) >= 11 is 0. The SMILES string of the molecule is O=C(CNn1cccc1)NCc1ccccc1. The molecule has 0 aliphatic rings. The van der Waals surface area contributed by atoms with Gasteiger partial charge in [0.2, 0.25) is 5.91 Å². The molecule has 0 spiro atoms. The van der Waals surface area contributed by atoms with Crippen molar-refractivity contribution < 1.29 is 4.79 Å². The molecule has 1 aromatic heterocycles. The van der Waals surface area contributed by atoms with Gasteiger partial charge in [0.05, 0.1) is 0 Å². The van der Waals surface area contributed by atoms with E-state index < -0.39 is 0 Å². The molecule has 1 heterocycles. The number of rotatable bonds is 5. The highest BCUT2D eigenvalue weighted by Crippen LogP contribution is 1.96. The van der Waals surface area contributed by atoms with Crippen molar-refractivity contribution in [2.75, 3.05) is 12.0 Å². The zero-order valence-corrected chi connectivity index (χ0v) is 9.47. The molecule has 4 nitrogen and oxygen atoms in total. The molecular weight excluding hydrogens is 214 g/mol. The summed E-state index contributed by atoms with van der Waals surface area (Å²) in [5.74, 6) is -0.0254. The van der Waals surface area contributed by atoms with Crippen molar-refractivity contribution >= 4 is 5.91 Å². The molecule has 2 rings (SSSR count). The molecule has 17 heavy (non-hydrogen) atoms. The van der Waals surface area contributed by atoms with E-state index in [0.717, 1.165) is 5.56 Å². The second-order valence-electron chi connectivity index (χ2n) is 3.69. The third kappa shape index (κ3) is 3.68. The number of carbonyl (C=O) groups is 1. The lowest BCUT2D eigenvalue weighted by Crippen LogP contribution is -2.32. The fourth-order valence-electron chi connectivity index (χ4n) is 1.46. The topological polar surface area (TPSA) is 46.1 Å². The van der Waals surface area contributed by atoms with Gasteiger partial charge in [-0.3, -0.25) is 9.47 Å². The number of amides is 1. The normalized spacial score (nSPS) is 9.88. The summed E-state index contributed by atoms with van der Waals surface area (Å²) in [6, 6.07) is 13.6. The summed E-state index contributed by atoms with van der Waals surface area (Å²) in [6.07, 6.45) is 3.70. The Morgan fingerprint density at radius 3 is 2.47 bits per heavy atom. The molecule has 1 aromatic carbocycles. The van der Waals surface area contributed by atoms with Crippen LogP contribution in [-0.2, 0) is 11.3 Å². The van der Waals surface area contributed by atoms with Crippen LogP contribution in [0.5, 0.6) is 0 Å². The summed E-state index contributed by atoms with van der Waals surface area (Å²) < 4.78 is 1.75. The lowest BCUT2D eigenvalue weighted by Gasteiger charge is -2.08. The van der Waals surface area contributed by atoms with Gasteiger partial charge in [-0.1, -0.05) is 30.3 Å². The lowest BCUT2D eigenvalue weighted by atomic mass is 10.2. The third-order valence-electron chi connectivity index (χ3n) is 2.36. The van der Waals surface area contributed by atoms with E-state index in [0.29, 0.717) is 6.54 Å². The van der Waals surface area contributed by atoms with Crippen LogP contribution in [0.15, 0.2) is 54.9 Å². The highest BCUT2D eigenvalue weighted by Gasteiger charge is 1.99. The minimum Gasteiger partial charge on any atom is -0.350 e. The Labute approximate surface area is 100 Å². The number of carbonyl (C=O) groups excluding carboxylic acids is 1. The number of nitrogens with one attached hydrogen (secondary N) is 2. The predicted molar refractivity (Wildman–Crippen MR) is 66.9 cm³/mol. The maximum atomic E-state index is 11.5. The predicted octanol–water partition coefficient (Wildman–Crippen LogP) is 1.35. The molecule has 88 valence electrons. The molecule has 0 unspecified atom stereocenters. The molecular formula is C13H15N3O. The first-order valence-electron chi connectivity index (χ1n) is 5.52. The van der Waals surface area contributed by atoms with E-state index >= 15 is 0 Å². The average molecular weight is 229 g/mol. The second-order valence-corrected chi connectivity index (χ2v) is 3.69. The average Bonchev–Trinajstić information content (AvgIpc) is 2.88. The quantitative estimate of drug-likeness (QED) is 0.813. The molecule has 0 saturated carbocycles. The Balaban J connectivity index is 1.71. The van der Waals surface area contributed by atoms with Gasteiger partial charge in [-0.15, -0.1) is 0 Å². The molecule has 2 N–H and O–H groups in total. The van der Waals surface area contributed by atoms with Crippen LogP contribution in [0.2, 0.25) is 0 Å². The van der Waals surface area contributed by atoms with Gasteiger partial charge in [0.15, 0.2) is 0 Å². The Morgan fingerprint density at radius 1 is 1.06 bits per heavy atom. The third-order valence-corrected chi connectivity index (χ3v) is 2.36. The Bertz CT molecular complexity index is 451. The summed E-state index contributed by atoms with van der Waals surface area (Å²) in [5.41, 5.74) is 4.06. The van der Waals surface area contributed by atoms with E-state index in [1.807, 2.05) is 54.9 Å². The molecule has 0 atom stereocenters. The highest BCUT2D eigenvalue weighted by molar-refractivity contribution is 5.79. The second kappa shape index (κ2) is 5.75. The van der Waals surface area contributed by atoms with Gasteiger partial charge < -0.3 is 10.7 Å². The summed E-state index contributed by atoms with van der Waals surface area (Å²) in [6.45, 7) is 0.828. The van der Waals surface area contributed by atoms with E-state index in [1.54, 1.807) is 4.68 Å². The van der Waals surface area contributed by atoms with Crippen molar-refractivity contribution in [1.29, 1.82) is 0 Å². The maximum absolute atomic E-state index is 11.5. The molecule has 2 aromatic rings. The van der Waals surface area contributed by atoms with Crippen molar-refractivity contribution in [2.24, 2.45) is 0 Å². The van der Waals surface area contributed by atoms with Gasteiger partial charge in [0, 0.05) is 18.9 Å². The number of benzene rings is 1. The van der Waals surface area contributed by atoms with Gasteiger partial charge in [0.1, 0.15) is 6.54 Å². The van der Waals surface area contributed by atoms with Crippen molar-refractivity contribution in [1.82, 2.24) is 9.99 Å². The first kappa shape index (κ1) is 11.3. The molecule has 0 radical (unpaired) electrons. The first-order chi connectivity index (χ1) is 8.34. The largest absolute Gasteiger partial charge is 0.350 e. The van der Waals surface area contributed by atoms with Crippen LogP contribution in [-0.4, -0.2) is 17.1 Å². The van der Waals surface area contributed by atoms with E-state index in [9.17, 15) is 4.79 Å². The first-order valence-corrected chi connectivity index (χ1v) is 5.52. The van der Waals surface area contributed by atoms with Crippen molar-refractivity contribution in [3.05, 3.63) is 60.4 Å². The zero-order chi connectivity index (χ0) is 11.9. The summed E-state index contributed by atoms with van der Waals surface area (Å²) in [4.78, 5) is 11.5. The van der Waals surface area contributed by atoms with Crippen molar-refractivity contribution in [3.63, 3.8) is 0 Å². The molecule has 0 bridgehead atoms. The van der Waals surface area contributed by atoms with Gasteiger partial charge in [-0.2, -0.15) is 0 Å². The molecule has 0 aliphatic carbocycles. The highest BCUT2D eigenvalue weighted by atomic mass is 16.2. The Morgan fingerprint density at radius 2 is 1.76 bits per heavy atom. The fraction of sp³-hybridized carbons (Fsp3) is 0.154. The summed E-state index contributed by atoms with van der Waals surface area (Å²) in [7, 11) is 0. The number of aromatic nitrogens is 1. The summed E-state index contributed by atoms with van der Waals surface area (Å²) in [5, 5.41) is 2.85. The lowest BCUT2D eigenvalue weighted by molar-refractivity contribution is -0.119. The van der Waals surface area contributed by atoms with Crippen LogP contribution in [0.1, 0.15) is 5.56 Å². The van der Waals surface area contributed by atoms with Crippen LogP contribution < -0.4 is 10.7 Å². The standard InChI is InChI=1S/C13H15N3O/c17-13(11-15-16-8-4-5-9-16)14-10-12-6-2-1-3-7-12/h1-9,15H,10-11H2,(H,14,17).